The van der Waals surface area contributed by atoms with Crippen molar-refractivity contribution in [3.8, 4) is 0 Å². The van der Waals surface area contributed by atoms with E-state index < -0.39 is 6.10 Å². The van der Waals surface area contributed by atoms with E-state index in [-0.39, 0.29) is 40.3 Å². The summed E-state index contributed by atoms with van der Waals surface area (Å²) in [6, 6.07) is 9.57. The van der Waals surface area contributed by atoms with Crippen molar-refractivity contribution >= 4 is 27.7 Å². The molecule has 0 spiro atoms. The van der Waals surface area contributed by atoms with E-state index >= 15 is 0 Å². The molecule has 1 aliphatic heterocycles. The van der Waals surface area contributed by atoms with Gasteiger partial charge in [-0.15, -0.1) is 0 Å². The Bertz CT molecular complexity index is 573. The van der Waals surface area contributed by atoms with Gasteiger partial charge in [0.05, 0.1) is 24.5 Å². The maximum Gasteiger partial charge on any atom is 0.233 e. The fourth-order valence-electron chi connectivity index (χ4n) is 4.37. The molecule has 3 fully saturated rings. The number of benzene rings is 1. The summed E-state index contributed by atoms with van der Waals surface area (Å²) in [5.74, 6) is -0.680. The van der Waals surface area contributed by atoms with Crippen molar-refractivity contribution in [2.24, 2.45) is 23.7 Å². The number of rotatable bonds is 2. The van der Waals surface area contributed by atoms with Gasteiger partial charge in [-0.05, 0) is 23.8 Å². The number of amides is 2. The minimum Gasteiger partial charge on any atom is -0.392 e. The number of aliphatic hydroxyl groups excluding tert-OH is 1. The molecule has 1 saturated heterocycles. The van der Waals surface area contributed by atoms with Crippen LogP contribution in [0.1, 0.15) is 12.0 Å². The summed E-state index contributed by atoms with van der Waals surface area (Å²) in [4.78, 5) is 26.6. The molecule has 6 atom stereocenters. The van der Waals surface area contributed by atoms with Crippen LogP contribution in [-0.2, 0) is 16.1 Å². The quantitative estimate of drug-likeness (QED) is 0.651. The summed E-state index contributed by atoms with van der Waals surface area (Å²) in [7, 11) is 0. The zero-order valence-corrected chi connectivity index (χ0v) is 12.9. The van der Waals surface area contributed by atoms with E-state index in [2.05, 4.69) is 15.9 Å². The third kappa shape index (κ3) is 1.77. The van der Waals surface area contributed by atoms with Crippen LogP contribution in [0.3, 0.4) is 0 Å². The number of carbonyl (C=O) groups is 2. The highest BCUT2D eigenvalue weighted by Crippen LogP contribution is 2.58. The Balaban J connectivity index is 1.62. The molecule has 3 aliphatic rings. The summed E-state index contributed by atoms with van der Waals surface area (Å²) >= 11 is 3.50. The standard InChI is InChI=1S/C16H16BrNO3/c17-13-9-6-10(14(13)19)12-11(9)15(20)18(16(12)21)7-8-4-2-1-3-5-8/h1-5,9-14,19H,6-7H2. The lowest BCUT2D eigenvalue weighted by Crippen LogP contribution is -2.40. The second kappa shape index (κ2) is 4.65. The van der Waals surface area contributed by atoms with Gasteiger partial charge >= 0.3 is 0 Å². The molecule has 2 saturated carbocycles. The summed E-state index contributed by atoms with van der Waals surface area (Å²) < 4.78 is 0. The van der Waals surface area contributed by atoms with Gasteiger partial charge in [-0.25, -0.2) is 0 Å². The topological polar surface area (TPSA) is 57.6 Å². The number of fused-ring (bicyclic) bond motifs is 5. The van der Waals surface area contributed by atoms with Crippen LogP contribution >= 0.6 is 15.9 Å². The molecular weight excluding hydrogens is 334 g/mol. The summed E-state index contributed by atoms with van der Waals surface area (Å²) in [6.45, 7) is 0.341. The van der Waals surface area contributed by atoms with Crippen LogP contribution in [0.2, 0.25) is 0 Å². The average molecular weight is 350 g/mol. The molecule has 0 radical (unpaired) electrons. The Labute approximate surface area is 131 Å². The third-order valence-electron chi connectivity index (χ3n) is 5.31. The van der Waals surface area contributed by atoms with Crippen LogP contribution in [0.4, 0.5) is 0 Å². The van der Waals surface area contributed by atoms with Crippen LogP contribution in [0.25, 0.3) is 0 Å². The van der Waals surface area contributed by atoms with Crippen molar-refractivity contribution in [2.45, 2.75) is 23.9 Å². The molecule has 2 bridgehead atoms. The zero-order chi connectivity index (χ0) is 14.7. The fraction of sp³-hybridized carbons (Fsp3) is 0.500. The number of halogens is 1. The Kier molecular flexibility index (Phi) is 2.98. The van der Waals surface area contributed by atoms with E-state index in [0.29, 0.717) is 6.54 Å². The maximum absolute atomic E-state index is 12.6. The van der Waals surface area contributed by atoms with Crippen LogP contribution in [-0.4, -0.2) is 32.8 Å². The third-order valence-corrected chi connectivity index (χ3v) is 6.53. The number of aliphatic hydroxyl groups is 1. The first-order chi connectivity index (χ1) is 10.1. The molecule has 21 heavy (non-hydrogen) atoms. The molecule has 6 unspecified atom stereocenters. The van der Waals surface area contributed by atoms with Crippen molar-refractivity contribution in [1.29, 1.82) is 0 Å². The Morgan fingerprint density at radius 2 is 1.71 bits per heavy atom. The van der Waals surface area contributed by atoms with Crippen LogP contribution in [0, 0.1) is 23.7 Å². The van der Waals surface area contributed by atoms with Crippen molar-refractivity contribution in [3.63, 3.8) is 0 Å². The monoisotopic (exact) mass is 349 g/mol. The van der Waals surface area contributed by atoms with Gasteiger partial charge in [0, 0.05) is 4.83 Å². The smallest absolute Gasteiger partial charge is 0.233 e. The average Bonchev–Trinajstić information content (AvgIpc) is 3.09. The zero-order valence-electron chi connectivity index (χ0n) is 11.4. The predicted octanol–water partition coefficient (Wildman–Crippen LogP) is 1.56. The molecule has 1 heterocycles. The minimum absolute atomic E-state index is 0.0577. The van der Waals surface area contributed by atoms with E-state index in [9.17, 15) is 14.7 Å². The molecule has 1 aromatic rings. The molecule has 4 rings (SSSR count). The largest absolute Gasteiger partial charge is 0.392 e. The van der Waals surface area contributed by atoms with Gasteiger partial charge in [0.15, 0.2) is 0 Å². The first-order valence-corrected chi connectivity index (χ1v) is 8.22. The lowest BCUT2D eigenvalue weighted by atomic mass is 9.79. The van der Waals surface area contributed by atoms with Crippen molar-refractivity contribution in [1.82, 2.24) is 4.90 Å². The van der Waals surface area contributed by atoms with Crippen LogP contribution in [0.15, 0.2) is 30.3 Å². The highest BCUT2D eigenvalue weighted by molar-refractivity contribution is 9.09. The predicted molar refractivity (Wildman–Crippen MR) is 79.3 cm³/mol. The molecule has 2 aliphatic carbocycles. The molecule has 2 amide bonds. The van der Waals surface area contributed by atoms with Crippen molar-refractivity contribution in [2.75, 3.05) is 0 Å². The number of alkyl halides is 1. The SMILES string of the molecule is O=C1C2C3CC(C(Br)C3O)C2C(=O)N1Cc1ccccc1. The van der Waals surface area contributed by atoms with E-state index in [1.807, 2.05) is 30.3 Å². The second-order valence-electron chi connectivity index (χ2n) is 6.30. The number of hydrogen-bond donors (Lipinski definition) is 1. The number of imide groups is 1. The molecule has 0 aromatic heterocycles. The highest BCUT2D eigenvalue weighted by atomic mass is 79.9. The minimum atomic E-state index is -0.510. The first kappa shape index (κ1) is 13.5. The van der Waals surface area contributed by atoms with Gasteiger partial charge in [-0.2, -0.15) is 0 Å². The number of nitrogens with zero attached hydrogens (tertiary/aromatic N) is 1. The highest BCUT2D eigenvalue weighted by Gasteiger charge is 2.66. The van der Waals surface area contributed by atoms with E-state index in [4.69, 9.17) is 0 Å². The second-order valence-corrected chi connectivity index (χ2v) is 7.36. The molecule has 5 heteroatoms. The van der Waals surface area contributed by atoms with Gasteiger partial charge < -0.3 is 5.11 Å². The lowest BCUT2D eigenvalue weighted by molar-refractivity contribution is -0.141. The molecule has 4 nitrogen and oxygen atoms in total. The molecule has 1 N–H and O–H groups in total. The summed E-state index contributed by atoms with van der Waals surface area (Å²) in [6.07, 6.45) is 0.271. The van der Waals surface area contributed by atoms with Gasteiger partial charge in [0.25, 0.3) is 0 Å². The lowest BCUT2D eigenvalue weighted by Gasteiger charge is -2.29. The first-order valence-electron chi connectivity index (χ1n) is 7.31. The molecule has 110 valence electrons. The number of likely N-dealkylation sites (tertiary alicyclic amines) is 1. The Hall–Kier alpha value is -1.20. The number of hydrogen-bond acceptors (Lipinski definition) is 3. The molecule has 1 aromatic carbocycles. The van der Waals surface area contributed by atoms with E-state index in [1.54, 1.807) is 0 Å². The van der Waals surface area contributed by atoms with Gasteiger partial charge in [0.1, 0.15) is 0 Å². The summed E-state index contributed by atoms with van der Waals surface area (Å²) in [5.41, 5.74) is 0.961. The van der Waals surface area contributed by atoms with Gasteiger partial charge in [-0.3, -0.25) is 14.5 Å². The summed E-state index contributed by atoms with van der Waals surface area (Å²) in [5, 5.41) is 10.2. The normalized spacial score (nSPS) is 41.0. The van der Waals surface area contributed by atoms with E-state index in [1.165, 1.54) is 4.90 Å². The van der Waals surface area contributed by atoms with Crippen LogP contribution in [0.5, 0.6) is 0 Å². The van der Waals surface area contributed by atoms with E-state index in [0.717, 1.165) is 12.0 Å². The Morgan fingerprint density at radius 1 is 1.10 bits per heavy atom. The number of carbonyl (C=O) groups excluding carboxylic acids is 2. The Morgan fingerprint density at radius 3 is 2.38 bits per heavy atom. The van der Waals surface area contributed by atoms with Gasteiger partial charge in [0.2, 0.25) is 11.8 Å². The van der Waals surface area contributed by atoms with Gasteiger partial charge in [-0.1, -0.05) is 46.3 Å². The molecular formula is C16H16BrNO3. The van der Waals surface area contributed by atoms with Crippen molar-refractivity contribution in [3.05, 3.63) is 35.9 Å². The van der Waals surface area contributed by atoms with Crippen molar-refractivity contribution < 1.29 is 14.7 Å². The maximum atomic E-state index is 12.6. The van der Waals surface area contributed by atoms with Crippen LogP contribution < -0.4 is 0 Å². The fourth-order valence-corrected chi connectivity index (χ4v) is 5.31.